The van der Waals surface area contributed by atoms with Gasteiger partial charge in [-0.3, -0.25) is 0 Å². The third-order valence-corrected chi connectivity index (χ3v) is 3.52. The first-order valence-electron chi connectivity index (χ1n) is 6.62. The van der Waals surface area contributed by atoms with Gasteiger partial charge in [0.05, 0.1) is 39.6 Å². The zero-order chi connectivity index (χ0) is 14.8. The lowest BCUT2D eigenvalue weighted by molar-refractivity contribution is 0.125. The van der Waals surface area contributed by atoms with Crippen LogP contribution in [0.15, 0.2) is 18.5 Å². The van der Waals surface area contributed by atoms with Crippen molar-refractivity contribution in [2.24, 2.45) is 0 Å². The van der Waals surface area contributed by atoms with Crippen LogP contribution in [0.25, 0.3) is 10.9 Å². The van der Waals surface area contributed by atoms with Gasteiger partial charge in [-0.25, -0.2) is 9.97 Å². The van der Waals surface area contributed by atoms with E-state index in [4.69, 9.17) is 14.2 Å². The van der Waals surface area contributed by atoms with Crippen LogP contribution in [0.1, 0.15) is 0 Å². The van der Waals surface area contributed by atoms with Crippen LogP contribution in [-0.4, -0.2) is 54.7 Å². The summed E-state index contributed by atoms with van der Waals surface area (Å²) in [6.07, 6.45) is 0.907. The van der Waals surface area contributed by atoms with Gasteiger partial charge in [-0.05, 0) is 12.1 Å². The van der Waals surface area contributed by atoms with Crippen LogP contribution in [0, 0.1) is 0 Å². The third kappa shape index (κ3) is 2.45. The number of anilines is 1. The molecule has 2 atom stereocenters. The van der Waals surface area contributed by atoms with E-state index in [9.17, 15) is 5.11 Å². The molecule has 21 heavy (non-hydrogen) atoms. The monoisotopic (exact) mass is 291 g/mol. The Bertz CT molecular complexity index is 649. The molecular formula is C14H17N3O4. The van der Waals surface area contributed by atoms with E-state index in [2.05, 4.69) is 15.3 Å². The molecule has 0 spiro atoms. The van der Waals surface area contributed by atoms with Gasteiger partial charge in [0.2, 0.25) is 0 Å². The number of aliphatic hydroxyl groups is 1. The van der Waals surface area contributed by atoms with Crippen LogP contribution in [0.5, 0.6) is 11.5 Å². The van der Waals surface area contributed by atoms with E-state index in [0.29, 0.717) is 36.0 Å². The number of fused-ring (bicyclic) bond motifs is 1. The molecule has 1 aromatic heterocycles. The van der Waals surface area contributed by atoms with Crippen molar-refractivity contribution in [3.05, 3.63) is 18.5 Å². The molecule has 1 aromatic carbocycles. The Labute approximate surface area is 121 Å². The second kappa shape index (κ2) is 5.71. The summed E-state index contributed by atoms with van der Waals surface area (Å²) in [7, 11) is 3.15. The van der Waals surface area contributed by atoms with Crippen molar-refractivity contribution < 1.29 is 19.3 Å². The van der Waals surface area contributed by atoms with Crippen LogP contribution in [0.2, 0.25) is 0 Å². The maximum absolute atomic E-state index is 9.83. The molecule has 112 valence electrons. The Morgan fingerprint density at radius 2 is 2.10 bits per heavy atom. The molecule has 0 radical (unpaired) electrons. The van der Waals surface area contributed by atoms with Crippen LogP contribution in [0.4, 0.5) is 5.82 Å². The lowest BCUT2D eigenvalue weighted by Crippen LogP contribution is -2.32. The Kier molecular flexibility index (Phi) is 3.76. The van der Waals surface area contributed by atoms with Crippen LogP contribution in [0.3, 0.4) is 0 Å². The zero-order valence-corrected chi connectivity index (χ0v) is 11.9. The second-order valence-corrected chi connectivity index (χ2v) is 4.78. The van der Waals surface area contributed by atoms with Crippen molar-refractivity contribution in [3.63, 3.8) is 0 Å². The predicted molar refractivity (Wildman–Crippen MR) is 76.9 cm³/mol. The molecular weight excluding hydrogens is 274 g/mol. The van der Waals surface area contributed by atoms with E-state index in [0.717, 1.165) is 5.39 Å². The minimum Gasteiger partial charge on any atom is -0.493 e. The molecule has 1 aliphatic heterocycles. The van der Waals surface area contributed by atoms with Crippen LogP contribution in [-0.2, 0) is 4.74 Å². The highest BCUT2D eigenvalue weighted by molar-refractivity contribution is 5.94. The second-order valence-electron chi connectivity index (χ2n) is 4.78. The molecule has 2 N–H and O–H groups in total. The van der Waals surface area contributed by atoms with Gasteiger partial charge in [-0.1, -0.05) is 0 Å². The largest absolute Gasteiger partial charge is 0.493 e. The van der Waals surface area contributed by atoms with Gasteiger partial charge < -0.3 is 24.6 Å². The molecule has 1 aliphatic rings. The number of nitrogens with zero attached hydrogens (tertiary/aromatic N) is 2. The molecule has 1 saturated heterocycles. The average molecular weight is 291 g/mol. The number of nitrogens with one attached hydrogen (secondary N) is 1. The normalized spacial score (nSPS) is 21.5. The van der Waals surface area contributed by atoms with Crippen molar-refractivity contribution in [1.29, 1.82) is 0 Å². The summed E-state index contributed by atoms with van der Waals surface area (Å²) in [6, 6.07) is 3.48. The van der Waals surface area contributed by atoms with E-state index >= 15 is 0 Å². The topological polar surface area (TPSA) is 85.7 Å². The summed E-state index contributed by atoms with van der Waals surface area (Å²) in [6.45, 7) is 0.776. The highest BCUT2D eigenvalue weighted by Gasteiger charge is 2.27. The van der Waals surface area contributed by atoms with Crippen molar-refractivity contribution >= 4 is 16.7 Å². The fourth-order valence-corrected chi connectivity index (χ4v) is 2.42. The van der Waals surface area contributed by atoms with E-state index in [1.165, 1.54) is 6.33 Å². The van der Waals surface area contributed by atoms with Crippen LogP contribution >= 0.6 is 0 Å². The quantitative estimate of drug-likeness (QED) is 0.862. The molecule has 0 unspecified atom stereocenters. The summed E-state index contributed by atoms with van der Waals surface area (Å²) < 4.78 is 15.9. The number of hydrogen-bond donors (Lipinski definition) is 2. The van der Waals surface area contributed by atoms with Gasteiger partial charge in [-0.15, -0.1) is 0 Å². The lowest BCUT2D eigenvalue weighted by Gasteiger charge is -2.17. The Balaban J connectivity index is 2.03. The highest BCUT2D eigenvalue weighted by Crippen LogP contribution is 2.36. The maximum Gasteiger partial charge on any atom is 0.187 e. The first-order valence-corrected chi connectivity index (χ1v) is 6.62. The Hall–Kier alpha value is -2.12. The minimum absolute atomic E-state index is 0.184. The summed E-state index contributed by atoms with van der Waals surface area (Å²) in [5.41, 5.74) is 0.655. The molecule has 2 aromatic rings. The van der Waals surface area contributed by atoms with Gasteiger partial charge in [0.1, 0.15) is 17.7 Å². The third-order valence-electron chi connectivity index (χ3n) is 3.52. The summed E-state index contributed by atoms with van der Waals surface area (Å²) in [5, 5.41) is 13.8. The molecule has 0 saturated carbocycles. The Morgan fingerprint density at radius 1 is 1.24 bits per heavy atom. The maximum atomic E-state index is 9.83. The molecule has 0 amide bonds. The lowest BCUT2D eigenvalue weighted by atomic mass is 10.1. The fraction of sp³-hybridized carbons (Fsp3) is 0.429. The summed E-state index contributed by atoms with van der Waals surface area (Å²) >= 11 is 0. The predicted octanol–water partition coefficient (Wildman–Crippen LogP) is 0.819. The zero-order valence-electron chi connectivity index (χ0n) is 11.9. The van der Waals surface area contributed by atoms with E-state index in [-0.39, 0.29) is 6.04 Å². The number of methoxy groups -OCH3 is 2. The molecule has 2 heterocycles. The van der Waals surface area contributed by atoms with Crippen molar-refractivity contribution in [3.8, 4) is 11.5 Å². The minimum atomic E-state index is -0.546. The fourth-order valence-electron chi connectivity index (χ4n) is 2.42. The SMILES string of the molecule is COc1ccc2c(N[C@H]3COC[C@@H]3O)ncnc2c1OC. The molecule has 1 fully saturated rings. The van der Waals surface area contributed by atoms with E-state index in [1.54, 1.807) is 20.3 Å². The first kappa shape index (κ1) is 13.8. The van der Waals surface area contributed by atoms with E-state index in [1.807, 2.05) is 6.07 Å². The molecule has 0 aliphatic carbocycles. The summed E-state index contributed by atoms with van der Waals surface area (Å²) in [4.78, 5) is 8.52. The number of hydrogen-bond acceptors (Lipinski definition) is 7. The summed E-state index contributed by atoms with van der Waals surface area (Å²) in [5.74, 6) is 1.80. The number of ether oxygens (including phenoxy) is 3. The van der Waals surface area contributed by atoms with Crippen molar-refractivity contribution in [2.75, 3.05) is 32.8 Å². The first-order chi connectivity index (χ1) is 10.2. The number of aromatic nitrogens is 2. The smallest absolute Gasteiger partial charge is 0.187 e. The van der Waals surface area contributed by atoms with Crippen molar-refractivity contribution in [1.82, 2.24) is 9.97 Å². The average Bonchev–Trinajstić information content (AvgIpc) is 2.91. The number of rotatable bonds is 4. The molecule has 7 nitrogen and oxygen atoms in total. The molecule has 3 rings (SSSR count). The van der Waals surface area contributed by atoms with Gasteiger partial charge in [0.25, 0.3) is 0 Å². The van der Waals surface area contributed by atoms with Crippen LogP contribution < -0.4 is 14.8 Å². The van der Waals surface area contributed by atoms with Crippen molar-refractivity contribution in [2.45, 2.75) is 12.1 Å². The molecule has 0 bridgehead atoms. The van der Waals surface area contributed by atoms with Gasteiger partial charge in [0.15, 0.2) is 11.5 Å². The standard InChI is InChI=1S/C14H17N3O4/c1-19-11-4-3-8-12(13(11)20-2)15-7-16-14(8)17-9-5-21-6-10(9)18/h3-4,7,9-10,18H,5-6H2,1-2H3,(H,15,16,17)/t9-,10-/m0/s1. The highest BCUT2D eigenvalue weighted by atomic mass is 16.5. The Morgan fingerprint density at radius 3 is 2.76 bits per heavy atom. The number of benzene rings is 1. The van der Waals surface area contributed by atoms with Gasteiger partial charge in [-0.2, -0.15) is 0 Å². The van der Waals surface area contributed by atoms with E-state index < -0.39 is 6.10 Å². The van der Waals surface area contributed by atoms with Gasteiger partial charge >= 0.3 is 0 Å². The number of aliphatic hydroxyl groups excluding tert-OH is 1. The van der Waals surface area contributed by atoms with Gasteiger partial charge in [0, 0.05) is 5.39 Å². The molecule has 7 heteroatoms.